The Labute approximate surface area is 181 Å². The van der Waals surface area contributed by atoms with Crippen molar-refractivity contribution >= 4 is 23.0 Å². The van der Waals surface area contributed by atoms with E-state index in [0.29, 0.717) is 13.1 Å². The smallest absolute Gasteiger partial charge is 0.332 e. The summed E-state index contributed by atoms with van der Waals surface area (Å²) in [5.74, 6) is 0.949. The van der Waals surface area contributed by atoms with Crippen LogP contribution in [0.5, 0.6) is 5.75 Å². The van der Waals surface area contributed by atoms with Crippen molar-refractivity contribution in [3.8, 4) is 5.75 Å². The summed E-state index contributed by atoms with van der Waals surface area (Å²) >= 11 is 5.55. The summed E-state index contributed by atoms with van der Waals surface area (Å²) in [7, 11) is 1.62. The number of hydrogen-bond donors (Lipinski definition) is 2. The summed E-state index contributed by atoms with van der Waals surface area (Å²) in [6.07, 6.45) is 5.52. The molecular weight excluding hydrogens is 400 g/mol. The first-order valence-electron chi connectivity index (χ1n) is 10.5. The number of aromatic nitrogens is 2. The van der Waals surface area contributed by atoms with Crippen molar-refractivity contribution in [1.29, 1.82) is 0 Å². The van der Waals surface area contributed by atoms with Gasteiger partial charge in [0, 0.05) is 19.1 Å². The van der Waals surface area contributed by atoms with E-state index in [-0.39, 0.29) is 28.1 Å². The van der Waals surface area contributed by atoms with Crippen LogP contribution in [0.3, 0.4) is 0 Å². The normalized spacial score (nSPS) is 14.1. The number of hydrogen-bond acceptors (Lipinski definition) is 5. The Kier molecular flexibility index (Phi) is 7.31. The van der Waals surface area contributed by atoms with Gasteiger partial charge in [-0.15, -0.1) is 0 Å². The summed E-state index contributed by atoms with van der Waals surface area (Å²) < 4.78 is 8.07. The Morgan fingerprint density at radius 2 is 1.90 bits per heavy atom. The van der Waals surface area contributed by atoms with E-state index in [1.54, 1.807) is 11.7 Å². The third kappa shape index (κ3) is 4.59. The lowest BCUT2D eigenvalue weighted by atomic mass is 10.2. The van der Waals surface area contributed by atoms with Crippen LogP contribution in [0, 0.1) is 0 Å². The monoisotopic (exact) mass is 430 g/mol. The van der Waals surface area contributed by atoms with Gasteiger partial charge in [0.1, 0.15) is 22.1 Å². The van der Waals surface area contributed by atoms with Gasteiger partial charge in [-0.1, -0.05) is 50.5 Å². The summed E-state index contributed by atoms with van der Waals surface area (Å²) in [5, 5.41) is 3.14. The number of methoxy groups -OCH3 is 1. The first-order valence-corrected chi connectivity index (χ1v) is 10.9. The number of nitrogens with two attached hydrogens (primary N) is 1. The third-order valence-corrected chi connectivity index (χ3v) is 6.02. The number of ether oxygens (including phenoxy) is 1. The number of rotatable bonds is 8. The van der Waals surface area contributed by atoms with E-state index in [9.17, 15) is 9.59 Å². The molecule has 0 spiro atoms. The number of anilines is 1. The van der Waals surface area contributed by atoms with Crippen LogP contribution in [0.15, 0.2) is 33.9 Å². The van der Waals surface area contributed by atoms with Gasteiger partial charge < -0.3 is 15.8 Å². The standard InChI is InChI=1S/C22H30N4O3S/c1-3-4-13-25-21(27)18(19(23)26(22(25)28)16-7-5-6-8-16)20(30)24-14-15-9-11-17(29-2)12-10-15/h9-12,16H,3-8,13-14,23H2,1-2H3,(H,24,30). The molecule has 1 aliphatic rings. The molecule has 1 fully saturated rings. The minimum absolute atomic E-state index is 0.0223. The van der Waals surface area contributed by atoms with Crippen LogP contribution in [0.25, 0.3) is 0 Å². The van der Waals surface area contributed by atoms with Gasteiger partial charge in [-0.05, 0) is 37.0 Å². The van der Waals surface area contributed by atoms with Crippen molar-refractivity contribution < 1.29 is 4.74 Å². The molecule has 2 aromatic rings. The molecule has 0 bridgehead atoms. The van der Waals surface area contributed by atoms with E-state index in [1.165, 1.54) is 4.57 Å². The van der Waals surface area contributed by atoms with E-state index in [2.05, 4.69) is 5.32 Å². The largest absolute Gasteiger partial charge is 0.497 e. The quantitative estimate of drug-likeness (QED) is 0.626. The first kappa shape index (κ1) is 22.1. The predicted octanol–water partition coefficient (Wildman–Crippen LogP) is 2.98. The summed E-state index contributed by atoms with van der Waals surface area (Å²) in [6.45, 7) is 2.84. The SMILES string of the molecule is CCCCn1c(=O)c(C(=S)NCc2ccc(OC)cc2)c(N)n(C2CCCC2)c1=O. The molecule has 8 heteroatoms. The van der Waals surface area contributed by atoms with Crippen LogP contribution in [-0.2, 0) is 13.1 Å². The molecule has 30 heavy (non-hydrogen) atoms. The number of nitrogens with zero attached hydrogens (tertiary/aromatic N) is 2. The van der Waals surface area contributed by atoms with Gasteiger partial charge in [-0.3, -0.25) is 13.9 Å². The van der Waals surface area contributed by atoms with Crippen molar-refractivity contribution in [2.75, 3.05) is 12.8 Å². The lowest BCUT2D eigenvalue weighted by Crippen LogP contribution is -2.46. The van der Waals surface area contributed by atoms with Crippen molar-refractivity contribution in [3.63, 3.8) is 0 Å². The second-order valence-electron chi connectivity index (χ2n) is 7.69. The van der Waals surface area contributed by atoms with Crippen molar-refractivity contribution in [2.24, 2.45) is 0 Å². The Bertz CT molecular complexity index is 1000. The lowest BCUT2D eigenvalue weighted by molar-refractivity contribution is 0.414. The fraction of sp³-hybridized carbons (Fsp3) is 0.500. The Balaban J connectivity index is 1.94. The second-order valence-corrected chi connectivity index (χ2v) is 8.10. The van der Waals surface area contributed by atoms with Crippen LogP contribution >= 0.6 is 12.2 Å². The highest BCUT2D eigenvalue weighted by atomic mass is 32.1. The van der Waals surface area contributed by atoms with Gasteiger partial charge in [-0.2, -0.15) is 0 Å². The Hall–Kier alpha value is -2.61. The van der Waals surface area contributed by atoms with E-state index < -0.39 is 5.56 Å². The number of nitrogen functional groups attached to an aromatic ring is 1. The summed E-state index contributed by atoms with van der Waals surface area (Å²) in [6, 6.07) is 7.61. The van der Waals surface area contributed by atoms with Crippen molar-refractivity contribution in [2.45, 2.75) is 64.6 Å². The van der Waals surface area contributed by atoms with Gasteiger partial charge in [0.05, 0.1) is 7.11 Å². The summed E-state index contributed by atoms with van der Waals surface area (Å²) in [4.78, 5) is 26.5. The van der Waals surface area contributed by atoms with Crippen LogP contribution in [0.2, 0.25) is 0 Å². The molecule has 0 saturated heterocycles. The maximum atomic E-state index is 13.1. The molecule has 1 aromatic heterocycles. The average molecular weight is 431 g/mol. The number of unbranched alkanes of at least 4 members (excludes halogenated alkanes) is 1. The molecule has 0 radical (unpaired) electrons. The van der Waals surface area contributed by atoms with Crippen LogP contribution < -0.4 is 27.0 Å². The first-order chi connectivity index (χ1) is 14.5. The zero-order chi connectivity index (χ0) is 21.7. The molecule has 3 N–H and O–H groups in total. The van der Waals surface area contributed by atoms with Gasteiger partial charge in [0.15, 0.2) is 0 Å². The highest BCUT2D eigenvalue weighted by Crippen LogP contribution is 2.30. The van der Waals surface area contributed by atoms with Crippen molar-refractivity contribution in [1.82, 2.24) is 14.5 Å². The summed E-state index contributed by atoms with van der Waals surface area (Å²) in [5.41, 5.74) is 6.86. The Morgan fingerprint density at radius 3 is 2.50 bits per heavy atom. The number of thiocarbonyl (C=S) groups is 1. The van der Waals surface area contributed by atoms with Crippen molar-refractivity contribution in [3.05, 3.63) is 56.2 Å². The second kappa shape index (κ2) is 9.93. The zero-order valence-corrected chi connectivity index (χ0v) is 18.5. The van der Waals surface area contributed by atoms with Crippen LogP contribution in [0.1, 0.15) is 62.6 Å². The van der Waals surface area contributed by atoms with Crippen LogP contribution in [0.4, 0.5) is 5.82 Å². The van der Waals surface area contributed by atoms with Gasteiger partial charge in [0.25, 0.3) is 5.56 Å². The van der Waals surface area contributed by atoms with E-state index in [4.69, 9.17) is 22.7 Å². The maximum Gasteiger partial charge on any atom is 0.332 e. The number of nitrogens with one attached hydrogen (secondary N) is 1. The van der Waals surface area contributed by atoms with Gasteiger partial charge >= 0.3 is 5.69 Å². The zero-order valence-electron chi connectivity index (χ0n) is 17.6. The predicted molar refractivity (Wildman–Crippen MR) is 123 cm³/mol. The van der Waals surface area contributed by atoms with E-state index >= 15 is 0 Å². The maximum absolute atomic E-state index is 13.1. The molecule has 3 rings (SSSR count). The van der Waals surface area contributed by atoms with Gasteiger partial charge in [-0.25, -0.2) is 4.79 Å². The fourth-order valence-electron chi connectivity index (χ4n) is 3.94. The third-order valence-electron chi connectivity index (χ3n) is 5.68. The minimum atomic E-state index is -0.410. The minimum Gasteiger partial charge on any atom is -0.497 e. The molecule has 1 heterocycles. The molecule has 0 unspecified atom stereocenters. The molecule has 1 saturated carbocycles. The molecular formula is C22H30N4O3S. The molecule has 162 valence electrons. The molecule has 1 aromatic carbocycles. The van der Waals surface area contributed by atoms with E-state index in [0.717, 1.165) is 49.8 Å². The molecule has 0 aliphatic heterocycles. The highest BCUT2D eigenvalue weighted by molar-refractivity contribution is 7.80. The molecule has 0 atom stereocenters. The topological polar surface area (TPSA) is 91.3 Å². The molecule has 1 aliphatic carbocycles. The van der Waals surface area contributed by atoms with E-state index in [1.807, 2.05) is 31.2 Å². The Morgan fingerprint density at radius 1 is 1.23 bits per heavy atom. The fourth-order valence-corrected chi connectivity index (χ4v) is 4.21. The number of benzene rings is 1. The molecule has 7 nitrogen and oxygen atoms in total. The average Bonchev–Trinajstić information content (AvgIpc) is 3.27. The lowest BCUT2D eigenvalue weighted by Gasteiger charge is -2.21. The highest BCUT2D eigenvalue weighted by Gasteiger charge is 2.26. The van der Waals surface area contributed by atoms with Crippen LogP contribution in [-0.4, -0.2) is 21.2 Å². The van der Waals surface area contributed by atoms with Gasteiger partial charge in [0.2, 0.25) is 0 Å². The molecule has 0 amide bonds.